The molecule has 0 aliphatic carbocycles. The topological polar surface area (TPSA) is 20.3 Å². The van der Waals surface area contributed by atoms with Gasteiger partial charge in [-0.25, -0.2) is 0 Å². The zero-order chi connectivity index (χ0) is 12.8. The molecule has 0 atom stereocenters. The Morgan fingerprint density at radius 2 is 2.00 bits per heavy atom. The van der Waals surface area contributed by atoms with E-state index in [2.05, 4.69) is 11.0 Å². The summed E-state index contributed by atoms with van der Waals surface area (Å²) in [6, 6.07) is 6.02. The Morgan fingerprint density at radius 3 is 2.59 bits per heavy atom. The van der Waals surface area contributed by atoms with Crippen LogP contribution in [-0.2, 0) is 0 Å². The van der Waals surface area contributed by atoms with Gasteiger partial charge >= 0.3 is 0 Å². The van der Waals surface area contributed by atoms with Crippen LogP contribution in [0, 0.1) is 13.8 Å². The first-order valence-corrected chi connectivity index (χ1v) is 6.99. The van der Waals surface area contributed by atoms with Crippen LogP contribution in [0.3, 0.4) is 0 Å². The van der Waals surface area contributed by atoms with E-state index in [0.29, 0.717) is 5.75 Å². The van der Waals surface area contributed by atoms with E-state index >= 15 is 0 Å². The first kappa shape index (κ1) is 14.3. The summed E-state index contributed by atoms with van der Waals surface area (Å²) in [4.78, 5) is 14.1. The van der Waals surface area contributed by atoms with Gasteiger partial charge in [-0.2, -0.15) is 11.8 Å². The molecule has 0 aromatic heterocycles. The third-order valence-electron chi connectivity index (χ3n) is 2.60. The van der Waals surface area contributed by atoms with E-state index < -0.39 is 0 Å². The fourth-order valence-corrected chi connectivity index (χ4v) is 2.60. The number of hydrogen-bond acceptors (Lipinski definition) is 3. The molecule has 0 saturated carbocycles. The molecule has 0 radical (unpaired) electrons. The molecule has 0 bridgehead atoms. The summed E-state index contributed by atoms with van der Waals surface area (Å²) in [5.74, 6) is 1.83. The molecule has 0 unspecified atom stereocenters. The molecule has 17 heavy (non-hydrogen) atoms. The van der Waals surface area contributed by atoms with Gasteiger partial charge in [0.1, 0.15) is 0 Å². The molecule has 0 saturated heterocycles. The molecule has 2 nitrogen and oxygen atoms in total. The summed E-state index contributed by atoms with van der Waals surface area (Å²) in [6.45, 7) is 5.07. The van der Waals surface area contributed by atoms with Gasteiger partial charge in [-0.1, -0.05) is 23.8 Å². The van der Waals surface area contributed by atoms with Gasteiger partial charge in [0.25, 0.3) is 0 Å². The maximum absolute atomic E-state index is 12.0. The number of benzene rings is 1. The number of ketones is 1. The first-order chi connectivity index (χ1) is 8.00. The Bertz CT molecular complexity index is 388. The standard InChI is InChI=1S/C14H21NOS/c1-11-5-6-13(12(2)9-11)14(16)10-17-8-7-15(3)4/h5-6,9H,7-8,10H2,1-4H3. The van der Waals surface area contributed by atoms with Crippen molar-refractivity contribution in [3.63, 3.8) is 0 Å². The van der Waals surface area contributed by atoms with Gasteiger partial charge in [0.15, 0.2) is 5.78 Å². The van der Waals surface area contributed by atoms with Gasteiger partial charge in [0, 0.05) is 17.9 Å². The van der Waals surface area contributed by atoms with Crippen LogP contribution in [0.2, 0.25) is 0 Å². The van der Waals surface area contributed by atoms with E-state index in [1.165, 1.54) is 5.56 Å². The highest BCUT2D eigenvalue weighted by atomic mass is 32.2. The molecular weight excluding hydrogens is 230 g/mol. The lowest BCUT2D eigenvalue weighted by molar-refractivity contribution is 0.102. The van der Waals surface area contributed by atoms with Crippen molar-refractivity contribution >= 4 is 17.5 Å². The Hall–Kier alpha value is -0.800. The number of rotatable bonds is 6. The highest BCUT2D eigenvalue weighted by molar-refractivity contribution is 8.00. The van der Waals surface area contributed by atoms with Crippen LogP contribution in [-0.4, -0.2) is 42.8 Å². The van der Waals surface area contributed by atoms with E-state index in [1.807, 2.05) is 40.1 Å². The lowest BCUT2D eigenvalue weighted by Crippen LogP contribution is -2.16. The summed E-state index contributed by atoms with van der Waals surface area (Å²) in [6.07, 6.45) is 0. The second kappa shape index (κ2) is 6.82. The minimum Gasteiger partial charge on any atom is -0.309 e. The third kappa shape index (κ3) is 4.92. The highest BCUT2D eigenvalue weighted by Gasteiger charge is 2.08. The Labute approximate surface area is 108 Å². The van der Waals surface area contributed by atoms with Gasteiger partial charge in [-0.15, -0.1) is 0 Å². The number of nitrogens with zero attached hydrogens (tertiary/aromatic N) is 1. The highest BCUT2D eigenvalue weighted by Crippen LogP contribution is 2.13. The molecule has 0 aliphatic heterocycles. The molecule has 1 rings (SSSR count). The van der Waals surface area contributed by atoms with Gasteiger partial charge in [0.05, 0.1) is 5.75 Å². The predicted octanol–water partition coefficient (Wildman–Crippen LogP) is 2.78. The normalized spacial score (nSPS) is 10.9. The Balaban J connectivity index is 2.47. The largest absolute Gasteiger partial charge is 0.309 e. The smallest absolute Gasteiger partial charge is 0.172 e. The third-order valence-corrected chi connectivity index (χ3v) is 3.54. The molecule has 0 amide bonds. The zero-order valence-corrected chi connectivity index (χ0v) is 11.9. The molecule has 0 aliphatic rings. The van der Waals surface area contributed by atoms with Crippen molar-refractivity contribution in [2.75, 3.05) is 32.1 Å². The molecule has 0 spiro atoms. The Kier molecular flexibility index (Phi) is 5.72. The van der Waals surface area contributed by atoms with Crippen LogP contribution in [0.5, 0.6) is 0 Å². The molecular formula is C14H21NOS. The number of hydrogen-bond donors (Lipinski definition) is 0. The van der Waals surface area contributed by atoms with E-state index in [9.17, 15) is 4.79 Å². The van der Waals surface area contributed by atoms with Crippen LogP contribution < -0.4 is 0 Å². The van der Waals surface area contributed by atoms with Crippen LogP contribution in [0.15, 0.2) is 18.2 Å². The lowest BCUT2D eigenvalue weighted by Gasteiger charge is -2.09. The van der Waals surface area contributed by atoms with E-state index in [0.717, 1.165) is 23.4 Å². The number of carbonyl (C=O) groups is 1. The van der Waals surface area contributed by atoms with Gasteiger partial charge in [-0.05, 0) is 33.5 Å². The SMILES string of the molecule is Cc1ccc(C(=O)CSCCN(C)C)c(C)c1. The predicted molar refractivity (Wildman–Crippen MR) is 76.1 cm³/mol. The van der Waals surface area contributed by atoms with Crippen molar-refractivity contribution in [3.8, 4) is 0 Å². The number of carbonyl (C=O) groups excluding carboxylic acids is 1. The number of aryl methyl sites for hydroxylation is 2. The fourth-order valence-electron chi connectivity index (χ4n) is 1.62. The van der Waals surface area contributed by atoms with E-state index in [1.54, 1.807) is 11.8 Å². The van der Waals surface area contributed by atoms with E-state index in [4.69, 9.17) is 0 Å². The van der Waals surface area contributed by atoms with Gasteiger partial charge < -0.3 is 4.90 Å². The maximum atomic E-state index is 12.0. The lowest BCUT2D eigenvalue weighted by atomic mass is 10.0. The molecule has 1 aromatic rings. The van der Waals surface area contributed by atoms with Crippen LogP contribution in [0.1, 0.15) is 21.5 Å². The summed E-state index contributed by atoms with van der Waals surface area (Å²) in [5, 5.41) is 0. The molecule has 3 heteroatoms. The first-order valence-electron chi connectivity index (χ1n) is 5.83. The van der Waals surface area contributed by atoms with Crippen molar-refractivity contribution in [1.29, 1.82) is 0 Å². The van der Waals surface area contributed by atoms with Crippen LogP contribution >= 0.6 is 11.8 Å². The monoisotopic (exact) mass is 251 g/mol. The zero-order valence-electron chi connectivity index (χ0n) is 11.1. The molecule has 0 heterocycles. The summed E-state index contributed by atoms with van der Waals surface area (Å²) in [5.41, 5.74) is 3.16. The Morgan fingerprint density at radius 1 is 1.29 bits per heavy atom. The minimum atomic E-state index is 0.242. The average molecular weight is 251 g/mol. The second-order valence-electron chi connectivity index (χ2n) is 4.60. The summed E-state index contributed by atoms with van der Waals surface area (Å²) < 4.78 is 0. The summed E-state index contributed by atoms with van der Waals surface area (Å²) >= 11 is 1.71. The molecule has 94 valence electrons. The minimum absolute atomic E-state index is 0.242. The number of Topliss-reactive ketones (excluding diaryl/α,β-unsaturated/α-hetero) is 1. The van der Waals surface area contributed by atoms with Crippen molar-refractivity contribution in [2.45, 2.75) is 13.8 Å². The van der Waals surface area contributed by atoms with Gasteiger partial charge in [0.2, 0.25) is 0 Å². The molecule has 0 N–H and O–H groups in total. The van der Waals surface area contributed by atoms with Crippen LogP contribution in [0.25, 0.3) is 0 Å². The van der Waals surface area contributed by atoms with Crippen LogP contribution in [0.4, 0.5) is 0 Å². The summed E-state index contributed by atoms with van der Waals surface area (Å²) in [7, 11) is 4.10. The second-order valence-corrected chi connectivity index (χ2v) is 5.70. The van der Waals surface area contributed by atoms with Crippen molar-refractivity contribution in [3.05, 3.63) is 34.9 Å². The van der Waals surface area contributed by atoms with Gasteiger partial charge in [-0.3, -0.25) is 4.79 Å². The molecule has 1 aromatic carbocycles. The van der Waals surface area contributed by atoms with Crippen molar-refractivity contribution in [1.82, 2.24) is 4.90 Å². The maximum Gasteiger partial charge on any atom is 0.172 e. The van der Waals surface area contributed by atoms with Crippen molar-refractivity contribution < 1.29 is 4.79 Å². The average Bonchev–Trinajstić information content (AvgIpc) is 2.23. The molecule has 0 fully saturated rings. The fraction of sp³-hybridized carbons (Fsp3) is 0.500. The quantitative estimate of drug-likeness (QED) is 0.573. The number of thioether (sulfide) groups is 1. The van der Waals surface area contributed by atoms with Crippen molar-refractivity contribution in [2.24, 2.45) is 0 Å². The van der Waals surface area contributed by atoms with E-state index in [-0.39, 0.29) is 5.78 Å².